The highest BCUT2D eigenvalue weighted by Crippen LogP contribution is 2.19. The fourth-order valence-electron chi connectivity index (χ4n) is 0.831. The molecule has 0 saturated heterocycles. The smallest absolute Gasteiger partial charge is 0.241 e. The molecular weight excluding hydrogens is 242 g/mol. The molecule has 0 bridgehead atoms. The summed E-state index contributed by atoms with van der Waals surface area (Å²) in [6.07, 6.45) is 4.74. The second-order valence-electron chi connectivity index (χ2n) is 2.22. The van der Waals surface area contributed by atoms with E-state index in [1.807, 2.05) is 0 Å². The van der Waals surface area contributed by atoms with Crippen LogP contribution >= 0.6 is 15.9 Å². The average molecular weight is 245 g/mol. The van der Waals surface area contributed by atoms with Crippen molar-refractivity contribution < 1.29 is 13.6 Å². The Morgan fingerprint density at radius 3 is 2.23 bits per heavy atom. The first-order valence-corrected chi connectivity index (χ1v) is 4.01. The van der Waals surface area contributed by atoms with Gasteiger partial charge in [-0.15, -0.1) is 6.42 Å². The number of Topliss-reactive ketones (excluding diaryl/α,β-unsaturated/α-hetero) is 1. The Bertz CT molecular complexity index is 384. The van der Waals surface area contributed by atoms with Crippen molar-refractivity contribution in [2.45, 2.75) is 0 Å². The van der Waals surface area contributed by atoms with E-state index in [0.717, 1.165) is 12.1 Å². The van der Waals surface area contributed by atoms with Gasteiger partial charge in [0, 0.05) is 4.47 Å². The van der Waals surface area contributed by atoms with E-state index in [2.05, 4.69) is 15.9 Å². The summed E-state index contributed by atoms with van der Waals surface area (Å²) >= 11 is 2.88. The van der Waals surface area contributed by atoms with E-state index in [1.165, 1.54) is 0 Å². The van der Waals surface area contributed by atoms with Crippen LogP contribution in [0.4, 0.5) is 8.78 Å². The highest BCUT2D eigenvalue weighted by molar-refractivity contribution is 9.10. The SMILES string of the molecule is C#CC(=O)c1c(F)cc(Br)cc1F. The predicted molar refractivity (Wildman–Crippen MR) is 47.2 cm³/mol. The number of hydrogen-bond donors (Lipinski definition) is 0. The van der Waals surface area contributed by atoms with Gasteiger partial charge in [-0.1, -0.05) is 15.9 Å². The van der Waals surface area contributed by atoms with Gasteiger partial charge in [0.2, 0.25) is 5.78 Å². The molecule has 1 aromatic carbocycles. The topological polar surface area (TPSA) is 17.1 Å². The van der Waals surface area contributed by atoms with E-state index in [9.17, 15) is 13.6 Å². The summed E-state index contributed by atoms with van der Waals surface area (Å²) in [7, 11) is 0. The summed E-state index contributed by atoms with van der Waals surface area (Å²) in [5.74, 6) is -1.28. The Kier molecular flexibility index (Phi) is 2.79. The summed E-state index contributed by atoms with van der Waals surface area (Å²) in [4.78, 5) is 10.8. The fraction of sp³-hybridized carbons (Fsp3) is 0. The maximum Gasteiger partial charge on any atom is 0.241 e. The Hall–Kier alpha value is -1.21. The normalized spacial score (nSPS) is 9.38. The number of terminal acetylenes is 1. The number of carbonyl (C=O) groups is 1. The number of ketones is 1. The van der Waals surface area contributed by atoms with Crippen molar-refractivity contribution in [3.05, 3.63) is 33.8 Å². The largest absolute Gasteiger partial charge is 0.279 e. The highest BCUT2D eigenvalue weighted by Gasteiger charge is 2.15. The molecule has 0 aliphatic heterocycles. The van der Waals surface area contributed by atoms with Gasteiger partial charge in [0.05, 0.1) is 0 Å². The quantitative estimate of drug-likeness (QED) is 0.422. The third-order valence-corrected chi connectivity index (χ3v) is 1.82. The Labute approximate surface area is 81.9 Å². The lowest BCUT2D eigenvalue weighted by atomic mass is 10.1. The fourth-order valence-corrected chi connectivity index (χ4v) is 1.23. The standard InChI is InChI=1S/C9H3BrF2O/c1-2-8(13)9-6(11)3-5(10)4-7(9)12/h1,3-4H. The Balaban J connectivity index is 3.39. The molecule has 0 saturated carbocycles. The van der Waals surface area contributed by atoms with Crippen LogP contribution in [0.15, 0.2) is 16.6 Å². The van der Waals surface area contributed by atoms with Crippen molar-refractivity contribution in [1.29, 1.82) is 0 Å². The molecule has 0 unspecified atom stereocenters. The molecule has 1 aromatic rings. The molecule has 0 amide bonds. The van der Waals surface area contributed by atoms with E-state index in [4.69, 9.17) is 6.42 Å². The Morgan fingerprint density at radius 2 is 1.85 bits per heavy atom. The lowest BCUT2D eigenvalue weighted by Crippen LogP contribution is -2.03. The second kappa shape index (κ2) is 3.67. The van der Waals surface area contributed by atoms with E-state index < -0.39 is 23.0 Å². The molecule has 0 N–H and O–H groups in total. The van der Waals surface area contributed by atoms with Gasteiger partial charge in [-0.2, -0.15) is 0 Å². The summed E-state index contributed by atoms with van der Waals surface area (Å²) in [5.41, 5.74) is -0.689. The first-order chi connectivity index (χ1) is 6.06. The first kappa shape index (κ1) is 9.87. The molecular formula is C9H3BrF2O. The molecule has 0 spiro atoms. The molecule has 66 valence electrons. The van der Waals surface area contributed by atoms with Gasteiger partial charge >= 0.3 is 0 Å². The van der Waals surface area contributed by atoms with Crippen LogP contribution in [-0.2, 0) is 0 Å². The van der Waals surface area contributed by atoms with Gasteiger partial charge in [0.15, 0.2) is 0 Å². The number of rotatable bonds is 1. The van der Waals surface area contributed by atoms with E-state index in [1.54, 1.807) is 5.92 Å². The molecule has 0 aliphatic carbocycles. The molecule has 0 aromatic heterocycles. The minimum atomic E-state index is -0.998. The van der Waals surface area contributed by atoms with Crippen molar-refractivity contribution >= 4 is 21.7 Å². The summed E-state index contributed by atoms with van der Waals surface area (Å²) in [5, 5.41) is 0. The maximum absolute atomic E-state index is 13.0. The van der Waals surface area contributed by atoms with Crippen LogP contribution in [0, 0.1) is 24.0 Å². The van der Waals surface area contributed by atoms with Gasteiger partial charge in [0.1, 0.15) is 17.2 Å². The Morgan fingerprint density at radius 1 is 1.38 bits per heavy atom. The van der Waals surface area contributed by atoms with Crippen LogP contribution in [0.5, 0.6) is 0 Å². The zero-order valence-electron chi connectivity index (χ0n) is 6.27. The highest BCUT2D eigenvalue weighted by atomic mass is 79.9. The van der Waals surface area contributed by atoms with Gasteiger partial charge in [0.25, 0.3) is 0 Å². The number of benzene rings is 1. The third kappa shape index (κ3) is 1.93. The van der Waals surface area contributed by atoms with Crippen molar-refractivity contribution in [1.82, 2.24) is 0 Å². The van der Waals surface area contributed by atoms with Crippen molar-refractivity contribution in [3.63, 3.8) is 0 Å². The molecule has 0 atom stereocenters. The van der Waals surface area contributed by atoms with E-state index >= 15 is 0 Å². The first-order valence-electron chi connectivity index (χ1n) is 3.21. The summed E-state index contributed by atoms with van der Waals surface area (Å²) < 4.78 is 26.1. The zero-order chi connectivity index (χ0) is 10.0. The second-order valence-corrected chi connectivity index (χ2v) is 3.13. The molecule has 4 heteroatoms. The van der Waals surface area contributed by atoms with Crippen LogP contribution in [0.1, 0.15) is 10.4 Å². The molecule has 0 radical (unpaired) electrons. The van der Waals surface area contributed by atoms with Gasteiger partial charge in [-0.05, 0) is 18.1 Å². The number of hydrogen-bond acceptors (Lipinski definition) is 1. The van der Waals surface area contributed by atoms with Crippen LogP contribution in [0.25, 0.3) is 0 Å². The molecule has 0 fully saturated rings. The summed E-state index contributed by atoms with van der Waals surface area (Å²) in [6.45, 7) is 0. The molecule has 0 heterocycles. The van der Waals surface area contributed by atoms with E-state index in [-0.39, 0.29) is 4.47 Å². The zero-order valence-corrected chi connectivity index (χ0v) is 7.86. The monoisotopic (exact) mass is 244 g/mol. The molecule has 0 aliphatic rings. The molecule has 13 heavy (non-hydrogen) atoms. The number of halogens is 3. The van der Waals surface area contributed by atoms with Gasteiger partial charge in [-0.25, -0.2) is 8.78 Å². The summed E-state index contributed by atoms with van der Waals surface area (Å²) in [6, 6.07) is 1.96. The lowest BCUT2D eigenvalue weighted by Gasteiger charge is -1.99. The molecule has 1 rings (SSSR count). The van der Waals surface area contributed by atoms with Crippen LogP contribution in [-0.4, -0.2) is 5.78 Å². The predicted octanol–water partition coefficient (Wildman–Crippen LogP) is 2.54. The van der Waals surface area contributed by atoms with Crippen LogP contribution in [0.2, 0.25) is 0 Å². The maximum atomic E-state index is 13.0. The van der Waals surface area contributed by atoms with E-state index in [0.29, 0.717) is 0 Å². The minimum Gasteiger partial charge on any atom is -0.279 e. The van der Waals surface area contributed by atoms with Crippen LogP contribution < -0.4 is 0 Å². The van der Waals surface area contributed by atoms with Crippen LogP contribution in [0.3, 0.4) is 0 Å². The number of carbonyl (C=O) groups excluding carboxylic acids is 1. The van der Waals surface area contributed by atoms with Crippen molar-refractivity contribution in [2.24, 2.45) is 0 Å². The average Bonchev–Trinajstić information content (AvgIpc) is 2.02. The van der Waals surface area contributed by atoms with Crippen molar-refractivity contribution in [3.8, 4) is 12.3 Å². The van der Waals surface area contributed by atoms with Gasteiger partial charge < -0.3 is 0 Å². The van der Waals surface area contributed by atoms with Crippen molar-refractivity contribution in [2.75, 3.05) is 0 Å². The molecule has 1 nitrogen and oxygen atoms in total. The minimum absolute atomic E-state index is 0.219. The lowest BCUT2D eigenvalue weighted by molar-refractivity contribution is 0.104. The third-order valence-electron chi connectivity index (χ3n) is 1.37. The van der Waals surface area contributed by atoms with Gasteiger partial charge in [-0.3, -0.25) is 4.79 Å².